The molecule has 0 bridgehead atoms. The molecular formula is C9H16O4. The molecule has 0 spiro atoms. The first-order chi connectivity index (χ1) is 6.06. The molecule has 0 aromatic heterocycles. The maximum absolute atomic E-state index is 10.9. The standard InChI is InChI=1S/C9H16O4/c1-4-5-8(10)6-9(11)13-12-7(2)3/h7H,4-6H2,1-3H3. The molecule has 0 saturated carbocycles. The zero-order valence-electron chi connectivity index (χ0n) is 8.33. The molecule has 0 rings (SSSR count). The molecule has 13 heavy (non-hydrogen) atoms. The summed E-state index contributed by atoms with van der Waals surface area (Å²) < 4.78 is 0. The highest BCUT2D eigenvalue weighted by Crippen LogP contribution is 1.98. The van der Waals surface area contributed by atoms with Crippen molar-refractivity contribution in [3.8, 4) is 0 Å². The Balaban J connectivity index is 3.56. The summed E-state index contributed by atoms with van der Waals surface area (Å²) in [5.74, 6) is -0.730. The van der Waals surface area contributed by atoms with E-state index in [2.05, 4.69) is 9.78 Å². The predicted octanol–water partition coefficient (Wildman–Crippen LogP) is 1.63. The zero-order chi connectivity index (χ0) is 10.3. The van der Waals surface area contributed by atoms with E-state index in [1.54, 1.807) is 13.8 Å². The van der Waals surface area contributed by atoms with Crippen LogP contribution in [0.15, 0.2) is 0 Å². The van der Waals surface area contributed by atoms with E-state index >= 15 is 0 Å². The Morgan fingerprint density at radius 1 is 1.31 bits per heavy atom. The Kier molecular flexibility index (Phi) is 6.14. The highest BCUT2D eigenvalue weighted by molar-refractivity contribution is 5.95. The molecule has 0 aromatic rings. The maximum Gasteiger partial charge on any atom is 0.349 e. The SMILES string of the molecule is CCCC(=O)CC(=O)OOC(C)C. The summed E-state index contributed by atoms with van der Waals surface area (Å²) in [6.45, 7) is 5.36. The van der Waals surface area contributed by atoms with Gasteiger partial charge in [-0.1, -0.05) is 6.92 Å². The quantitative estimate of drug-likeness (QED) is 0.361. The van der Waals surface area contributed by atoms with E-state index in [0.717, 1.165) is 6.42 Å². The fourth-order valence-corrected chi connectivity index (χ4v) is 0.708. The van der Waals surface area contributed by atoms with Gasteiger partial charge in [0.2, 0.25) is 0 Å². The van der Waals surface area contributed by atoms with Gasteiger partial charge in [0.05, 0.1) is 6.10 Å². The van der Waals surface area contributed by atoms with E-state index in [-0.39, 0.29) is 18.3 Å². The first-order valence-corrected chi connectivity index (χ1v) is 4.44. The second-order valence-corrected chi connectivity index (χ2v) is 3.07. The second-order valence-electron chi connectivity index (χ2n) is 3.07. The summed E-state index contributed by atoms with van der Waals surface area (Å²) in [4.78, 5) is 30.7. The van der Waals surface area contributed by atoms with E-state index in [1.807, 2.05) is 6.92 Å². The summed E-state index contributed by atoms with van der Waals surface area (Å²) in [5, 5.41) is 0. The first kappa shape index (κ1) is 12.1. The van der Waals surface area contributed by atoms with Crippen molar-refractivity contribution in [3.05, 3.63) is 0 Å². The molecule has 0 aromatic carbocycles. The molecule has 0 atom stereocenters. The lowest BCUT2D eigenvalue weighted by molar-refractivity contribution is -0.290. The van der Waals surface area contributed by atoms with E-state index in [1.165, 1.54) is 0 Å². The minimum atomic E-state index is -0.618. The lowest BCUT2D eigenvalue weighted by atomic mass is 10.2. The van der Waals surface area contributed by atoms with Crippen LogP contribution in [0.2, 0.25) is 0 Å². The lowest BCUT2D eigenvalue weighted by Gasteiger charge is -2.04. The minimum absolute atomic E-state index is 0.111. The number of carbonyl (C=O) groups excluding carboxylic acids is 2. The smallest absolute Gasteiger partial charge is 0.299 e. The zero-order valence-corrected chi connectivity index (χ0v) is 8.33. The molecule has 0 N–H and O–H groups in total. The van der Waals surface area contributed by atoms with Crippen molar-refractivity contribution in [2.75, 3.05) is 0 Å². The molecule has 0 heterocycles. The number of hydrogen-bond donors (Lipinski definition) is 0. The monoisotopic (exact) mass is 188 g/mol. The van der Waals surface area contributed by atoms with Gasteiger partial charge in [-0.25, -0.2) is 4.79 Å². The average molecular weight is 188 g/mol. The van der Waals surface area contributed by atoms with Gasteiger partial charge in [0, 0.05) is 6.42 Å². The van der Waals surface area contributed by atoms with Crippen LogP contribution in [0.5, 0.6) is 0 Å². The van der Waals surface area contributed by atoms with Crippen LogP contribution in [0.4, 0.5) is 0 Å². The van der Waals surface area contributed by atoms with E-state index in [0.29, 0.717) is 6.42 Å². The summed E-state index contributed by atoms with van der Waals surface area (Å²) in [6.07, 6.45) is 0.791. The van der Waals surface area contributed by atoms with Crippen molar-refractivity contribution in [1.29, 1.82) is 0 Å². The molecule has 0 amide bonds. The van der Waals surface area contributed by atoms with Gasteiger partial charge in [0.15, 0.2) is 0 Å². The molecule has 0 radical (unpaired) electrons. The Morgan fingerprint density at radius 3 is 2.38 bits per heavy atom. The third-order valence-electron chi connectivity index (χ3n) is 1.20. The van der Waals surface area contributed by atoms with Crippen LogP contribution < -0.4 is 0 Å². The topological polar surface area (TPSA) is 52.6 Å². The molecule has 76 valence electrons. The van der Waals surface area contributed by atoms with Crippen molar-refractivity contribution >= 4 is 11.8 Å². The number of carbonyl (C=O) groups is 2. The number of Topliss-reactive ketones (excluding diaryl/α,β-unsaturated/α-hetero) is 1. The fourth-order valence-electron chi connectivity index (χ4n) is 0.708. The van der Waals surface area contributed by atoms with Crippen molar-refractivity contribution in [2.45, 2.75) is 46.1 Å². The van der Waals surface area contributed by atoms with Crippen molar-refractivity contribution in [2.24, 2.45) is 0 Å². The van der Waals surface area contributed by atoms with Gasteiger partial charge >= 0.3 is 5.97 Å². The van der Waals surface area contributed by atoms with Crippen LogP contribution in [-0.2, 0) is 19.4 Å². The Labute approximate surface area is 78.1 Å². The number of rotatable bonds is 6. The molecule has 4 heteroatoms. The summed E-state index contributed by atoms with van der Waals surface area (Å²) >= 11 is 0. The summed E-state index contributed by atoms with van der Waals surface area (Å²) in [6, 6.07) is 0. The largest absolute Gasteiger partial charge is 0.349 e. The third kappa shape index (κ3) is 7.46. The van der Waals surface area contributed by atoms with E-state index < -0.39 is 5.97 Å². The minimum Gasteiger partial charge on any atom is -0.299 e. The fraction of sp³-hybridized carbons (Fsp3) is 0.778. The van der Waals surface area contributed by atoms with Crippen molar-refractivity contribution in [3.63, 3.8) is 0 Å². The Hall–Kier alpha value is -0.900. The van der Waals surface area contributed by atoms with Crippen molar-refractivity contribution < 1.29 is 19.4 Å². The lowest BCUT2D eigenvalue weighted by Crippen LogP contribution is -2.14. The Bertz CT molecular complexity index is 174. The molecule has 0 aliphatic rings. The molecule has 4 nitrogen and oxygen atoms in total. The van der Waals surface area contributed by atoms with Crippen LogP contribution in [0, 0.1) is 0 Å². The predicted molar refractivity (Wildman–Crippen MR) is 46.8 cm³/mol. The van der Waals surface area contributed by atoms with Gasteiger partial charge in [-0.3, -0.25) is 9.68 Å². The first-order valence-electron chi connectivity index (χ1n) is 4.44. The van der Waals surface area contributed by atoms with Crippen LogP contribution in [0.3, 0.4) is 0 Å². The maximum atomic E-state index is 10.9. The Morgan fingerprint density at radius 2 is 1.92 bits per heavy atom. The highest BCUT2D eigenvalue weighted by atomic mass is 17.2. The summed E-state index contributed by atoms with van der Waals surface area (Å²) in [7, 11) is 0. The van der Waals surface area contributed by atoms with E-state index in [9.17, 15) is 9.59 Å². The van der Waals surface area contributed by atoms with E-state index in [4.69, 9.17) is 0 Å². The number of hydrogen-bond acceptors (Lipinski definition) is 4. The normalized spacial score (nSPS) is 10.2. The van der Waals surface area contributed by atoms with Gasteiger partial charge in [-0.2, -0.15) is 4.89 Å². The van der Waals surface area contributed by atoms with Gasteiger partial charge in [-0.15, -0.1) is 0 Å². The molecular weight excluding hydrogens is 172 g/mol. The summed E-state index contributed by atoms with van der Waals surface area (Å²) in [5.41, 5.74) is 0. The molecule has 0 aliphatic carbocycles. The van der Waals surface area contributed by atoms with Crippen molar-refractivity contribution in [1.82, 2.24) is 0 Å². The number of ketones is 1. The van der Waals surface area contributed by atoms with Crippen LogP contribution in [0.1, 0.15) is 40.0 Å². The third-order valence-corrected chi connectivity index (χ3v) is 1.20. The van der Waals surface area contributed by atoms with Gasteiger partial charge < -0.3 is 0 Å². The van der Waals surface area contributed by atoms with Gasteiger partial charge in [0.25, 0.3) is 0 Å². The van der Waals surface area contributed by atoms with Gasteiger partial charge in [-0.05, 0) is 20.3 Å². The molecule has 0 aliphatic heterocycles. The van der Waals surface area contributed by atoms with Gasteiger partial charge in [0.1, 0.15) is 12.2 Å². The molecule has 0 fully saturated rings. The van der Waals surface area contributed by atoms with Crippen LogP contribution in [0.25, 0.3) is 0 Å². The molecule has 0 saturated heterocycles. The van der Waals surface area contributed by atoms with Crippen LogP contribution >= 0.6 is 0 Å². The van der Waals surface area contributed by atoms with Crippen LogP contribution in [-0.4, -0.2) is 17.9 Å². The second kappa shape index (κ2) is 6.60. The average Bonchev–Trinajstić information content (AvgIpc) is 2.01. The molecule has 0 unspecified atom stereocenters. The highest BCUT2D eigenvalue weighted by Gasteiger charge is 2.11.